The molecule has 0 aliphatic rings. The highest BCUT2D eigenvalue weighted by Crippen LogP contribution is 2.23. The van der Waals surface area contributed by atoms with Gasteiger partial charge in [-0.15, -0.1) is 0 Å². The number of rotatable bonds is 22. The molecule has 0 saturated carbocycles. The molecular formula is C20H34N6O11S2. The molecule has 19 heteroatoms. The minimum Gasteiger partial charge on any atom is -0.480 e. The molecule has 17 nitrogen and oxygen atoms in total. The highest BCUT2D eigenvalue weighted by atomic mass is 33.1. The molecule has 0 aromatic heterocycles. The van der Waals surface area contributed by atoms with Gasteiger partial charge in [-0.3, -0.25) is 33.6 Å². The van der Waals surface area contributed by atoms with Crippen molar-refractivity contribution in [1.82, 2.24) is 21.3 Å². The molecule has 0 bridgehead atoms. The van der Waals surface area contributed by atoms with Gasteiger partial charge in [0.1, 0.15) is 24.7 Å². The molecular weight excluding hydrogens is 564 g/mol. The highest BCUT2D eigenvalue weighted by Gasteiger charge is 2.23. The molecule has 2 unspecified atom stereocenters. The number of aliphatic carboxylic acids is 4. The molecule has 0 saturated heterocycles. The molecule has 0 aromatic rings. The Balaban J connectivity index is 5.01. The van der Waals surface area contributed by atoms with Crippen molar-refractivity contribution in [2.75, 3.05) is 31.1 Å². The average Bonchev–Trinajstić information content (AvgIpc) is 2.85. The van der Waals surface area contributed by atoms with Crippen LogP contribution in [0.25, 0.3) is 0 Å². The Morgan fingerprint density at radius 1 is 0.692 bits per heavy atom. The molecule has 0 heterocycles. The van der Waals surface area contributed by atoms with Gasteiger partial charge in [0.2, 0.25) is 17.7 Å². The Labute approximate surface area is 231 Å². The van der Waals surface area contributed by atoms with Gasteiger partial charge in [-0.25, -0.2) is 0 Å². The molecule has 0 spiro atoms. The van der Waals surface area contributed by atoms with E-state index in [1.807, 2.05) is 0 Å². The molecule has 12 N–H and O–H groups in total. The van der Waals surface area contributed by atoms with Crippen molar-refractivity contribution >= 4 is 63.2 Å². The van der Waals surface area contributed by atoms with E-state index in [4.69, 9.17) is 31.9 Å². The second-order valence-electron chi connectivity index (χ2n) is 8.06. The summed E-state index contributed by atoms with van der Waals surface area (Å²) >= 11 is 0. The fourth-order valence-corrected chi connectivity index (χ4v) is 5.01. The fourth-order valence-electron chi connectivity index (χ4n) is 2.61. The van der Waals surface area contributed by atoms with E-state index in [2.05, 4.69) is 21.3 Å². The zero-order valence-corrected chi connectivity index (χ0v) is 22.4. The lowest BCUT2D eigenvalue weighted by molar-refractivity contribution is -0.140. The number of nitrogens with two attached hydrogens (primary N) is 2. The first-order valence-electron chi connectivity index (χ1n) is 11.4. The maximum Gasteiger partial charge on any atom is 0.322 e. The number of carboxylic acids is 4. The van der Waals surface area contributed by atoms with E-state index in [0.29, 0.717) is 0 Å². The predicted molar refractivity (Wildman–Crippen MR) is 140 cm³/mol. The summed E-state index contributed by atoms with van der Waals surface area (Å²) in [6.45, 7) is -1.01. The minimum absolute atomic E-state index is 0.0382. The smallest absolute Gasteiger partial charge is 0.322 e. The molecule has 0 aromatic carbocycles. The Hall–Kier alpha value is -3.13. The van der Waals surface area contributed by atoms with Crippen molar-refractivity contribution < 1.29 is 54.0 Å². The van der Waals surface area contributed by atoms with Crippen molar-refractivity contribution in [3.05, 3.63) is 0 Å². The van der Waals surface area contributed by atoms with Crippen LogP contribution in [0.15, 0.2) is 0 Å². The van der Waals surface area contributed by atoms with Crippen LogP contribution in [0.2, 0.25) is 0 Å². The lowest BCUT2D eigenvalue weighted by Crippen LogP contribution is -2.49. The summed E-state index contributed by atoms with van der Waals surface area (Å²) in [6, 6.07) is -4.27. The molecule has 4 atom stereocenters. The zero-order valence-electron chi connectivity index (χ0n) is 20.8. The normalized spacial score (nSPS) is 13.8. The number of carboxylic acid groups (broad SMARTS) is 4. The number of amides is 3. The van der Waals surface area contributed by atoms with Crippen LogP contribution in [0.5, 0.6) is 0 Å². The quantitative estimate of drug-likeness (QED) is 0.0429. The predicted octanol–water partition coefficient (Wildman–Crippen LogP) is -3.40. The van der Waals surface area contributed by atoms with Crippen molar-refractivity contribution in [3.63, 3.8) is 0 Å². The van der Waals surface area contributed by atoms with Crippen LogP contribution < -0.4 is 32.7 Å². The third-order valence-electron chi connectivity index (χ3n) is 4.68. The van der Waals surface area contributed by atoms with Crippen molar-refractivity contribution in [2.45, 2.75) is 49.9 Å². The van der Waals surface area contributed by atoms with Gasteiger partial charge in [-0.1, -0.05) is 21.6 Å². The van der Waals surface area contributed by atoms with Crippen LogP contribution in [0.4, 0.5) is 0 Å². The Morgan fingerprint density at radius 3 is 1.67 bits per heavy atom. The summed E-state index contributed by atoms with van der Waals surface area (Å²) in [7, 11) is 2.26. The summed E-state index contributed by atoms with van der Waals surface area (Å²) in [5.41, 5.74) is 10.8. The van der Waals surface area contributed by atoms with Crippen LogP contribution >= 0.6 is 21.6 Å². The third kappa shape index (κ3) is 18.7. The molecule has 0 fully saturated rings. The SMILES string of the molecule is N[C@H](CCC(=O)NC(CNCC(=O)O)CSSCC(NC(=O)CC[C@H](N)C(=O)O)C(=O)NCC(=O)O)C(=O)O. The van der Waals surface area contributed by atoms with Crippen LogP contribution in [0.1, 0.15) is 25.7 Å². The van der Waals surface area contributed by atoms with E-state index in [-0.39, 0.29) is 50.3 Å². The summed E-state index contributed by atoms with van der Waals surface area (Å²) in [4.78, 5) is 79.9. The number of hydrogen-bond donors (Lipinski definition) is 10. The maximum atomic E-state index is 12.4. The first-order chi connectivity index (χ1) is 18.2. The third-order valence-corrected chi connectivity index (χ3v) is 7.18. The highest BCUT2D eigenvalue weighted by molar-refractivity contribution is 8.76. The van der Waals surface area contributed by atoms with Gasteiger partial charge in [-0.2, -0.15) is 0 Å². The van der Waals surface area contributed by atoms with Crippen molar-refractivity contribution in [2.24, 2.45) is 11.5 Å². The van der Waals surface area contributed by atoms with E-state index in [1.165, 1.54) is 0 Å². The van der Waals surface area contributed by atoms with E-state index in [9.17, 15) is 33.6 Å². The number of carbonyl (C=O) groups is 7. The molecule has 39 heavy (non-hydrogen) atoms. The van der Waals surface area contributed by atoms with E-state index < -0.39 is 72.3 Å². The zero-order chi connectivity index (χ0) is 30.0. The molecule has 0 aliphatic carbocycles. The average molecular weight is 599 g/mol. The molecule has 0 aliphatic heterocycles. The standard InChI is InChI=1S/C20H34N6O11S2/c21-11(19(34)35)1-3-14(27)25-10(5-23-6-16(29)30)8-38-39-9-13(18(33)24-7-17(31)32)26-15(28)4-2-12(22)20(36)37/h10-13,23H,1-9,21-22H2,(H,24,33)(H,25,27)(H,26,28)(H,29,30)(H,31,32)(H,34,35)(H,36,37)/t10?,11-,12+,13?/m1/s1. The number of carbonyl (C=O) groups excluding carboxylic acids is 3. The van der Waals surface area contributed by atoms with Crippen LogP contribution in [0.3, 0.4) is 0 Å². The summed E-state index contributed by atoms with van der Waals surface area (Å²) in [5, 5.41) is 45.1. The van der Waals surface area contributed by atoms with Gasteiger partial charge < -0.3 is 53.2 Å². The Morgan fingerprint density at radius 2 is 1.18 bits per heavy atom. The molecule has 222 valence electrons. The van der Waals surface area contributed by atoms with E-state index >= 15 is 0 Å². The van der Waals surface area contributed by atoms with E-state index in [0.717, 1.165) is 21.6 Å². The topological polar surface area (TPSA) is 301 Å². The van der Waals surface area contributed by atoms with Gasteiger partial charge in [0.15, 0.2) is 0 Å². The Kier molecular flexibility index (Phi) is 18.3. The number of hydrogen-bond acceptors (Lipinski definition) is 12. The fraction of sp³-hybridized carbons (Fsp3) is 0.650. The van der Waals surface area contributed by atoms with Gasteiger partial charge in [-0.05, 0) is 12.8 Å². The Bertz CT molecular complexity index is 879. The molecule has 3 amide bonds. The first-order valence-corrected chi connectivity index (χ1v) is 13.9. The second-order valence-corrected chi connectivity index (χ2v) is 10.6. The monoisotopic (exact) mass is 598 g/mol. The largest absolute Gasteiger partial charge is 0.480 e. The lowest BCUT2D eigenvalue weighted by Gasteiger charge is -2.20. The van der Waals surface area contributed by atoms with Gasteiger partial charge in [0, 0.05) is 30.9 Å². The maximum absolute atomic E-state index is 12.4. The van der Waals surface area contributed by atoms with Gasteiger partial charge in [0.05, 0.1) is 12.6 Å². The van der Waals surface area contributed by atoms with Crippen LogP contribution in [0, 0.1) is 0 Å². The van der Waals surface area contributed by atoms with Crippen LogP contribution in [-0.4, -0.2) is 117 Å². The van der Waals surface area contributed by atoms with E-state index in [1.54, 1.807) is 0 Å². The first kappa shape index (κ1) is 35.9. The summed E-state index contributed by atoms with van der Waals surface area (Å²) in [6.07, 6.45) is -0.760. The minimum atomic E-state index is -1.31. The number of nitrogens with one attached hydrogen (secondary N) is 4. The summed E-state index contributed by atoms with van der Waals surface area (Å²) < 4.78 is 0. The second kappa shape index (κ2) is 19.9. The van der Waals surface area contributed by atoms with Crippen molar-refractivity contribution in [1.29, 1.82) is 0 Å². The van der Waals surface area contributed by atoms with Gasteiger partial charge in [0.25, 0.3) is 0 Å². The summed E-state index contributed by atoms with van der Waals surface area (Å²) in [5.74, 6) is -6.77. The molecule has 0 rings (SSSR count). The van der Waals surface area contributed by atoms with Crippen molar-refractivity contribution in [3.8, 4) is 0 Å². The molecule has 0 radical (unpaired) electrons. The van der Waals surface area contributed by atoms with Crippen LogP contribution in [-0.2, 0) is 33.6 Å². The lowest BCUT2D eigenvalue weighted by atomic mass is 10.1. The van der Waals surface area contributed by atoms with Gasteiger partial charge >= 0.3 is 23.9 Å².